The molecule has 1 heterocycles. The highest BCUT2D eigenvalue weighted by Gasteiger charge is 2.09. The van der Waals surface area contributed by atoms with Crippen molar-refractivity contribution in [2.45, 2.75) is 6.54 Å². The molecule has 0 atom stereocenters. The summed E-state index contributed by atoms with van der Waals surface area (Å²) in [5.74, 6) is 0.267. The minimum atomic E-state index is -0.209. The third kappa shape index (κ3) is 2.47. The normalized spacial score (nSPS) is 10.6. The van der Waals surface area contributed by atoms with Crippen LogP contribution in [0.3, 0.4) is 0 Å². The topological polar surface area (TPSA) is 81.2 Å². The maximum absolute atomic E-state index is 11.9. The highest BCUT2D eigenvalue weighted by atomic mass is 16.3. The number of nitrogen functional groups attached to an aromatic ring is 1. The summed E-state index contributed by atoms with van der Waals surface area (Å²) in [6.07, 6.45) is 0. The van der Waals surface area contributed by atoms with Gasteiger partial charge in [-0.3, -0.25) is 4.79 Å². The van der Waals surface area contributed by atoms with Gasteiger partial charge in [0.2, 0.25) is 5.89 Å². The summed E-state index contributed by atoms with van der Waals surface area (Å²) in [6.45, 7) is 0.238. The first-order valence-corrected chi connectivity index (χ1v) is 6.20. The number of carbonyl (C=O) groups excluding carboxylic acids is 1. The molecule has 0 radical (unpaired) electrons. The number of para-hydroxylation sites is 2. The Hall–Kier alpha value is -2.82. The average molecular weight is 267 g/mol. The molecule has 0 saturated carbocycles. The van der Waals surface area contributed by atoms with E-state index >= 15 is 0 Å². The zero-order valence-electron chi connectivity index (χ0n) is 10.7. The fourth-order valence-corrected chi connectivity index (χ4v) is 1.93. The quantitative estimate of drug-likeness (QED) is 0.714. The second-order valence-electron chi connectivity index (χ2n) is 4.38. The van der Waals surface area contributed by atoms with Crippen LogP contribution in [0.4, 0.5) is 5.69 Å². The van der Waals surface area contributed by atoms with E-state index in [0.29, 0.717) is 22.7 Å². The molecule has 3 aromatic rings. The van der Waals surface area contributed by atoms with Gasteiger partial charge in [-0.1, -0.05) is 18.2 Å². The number of carbonyl (C=O) groups is 1. The van der Waals surface area contributed by atoms with Gasteiger partial charge in [0.05, 0.1) is 6.54 Å². The standard InChI is InChI=1S/C15H13N3O2/c16-11-5-3-4-10(8-11)15(19)17-9-14-18-12-6-1-2-7-13(12)20-14/h1-8H,9,16H2,(H,17,19). The fraction of sp³-hybridized carbons (Fsp3) is 0.0667. The average Bonchev–Trinajstić information content (AvgIpc) is 2.87. The molecule has 5 nitrogen and oxygen atoms in total. The van der Waals surface area contributed by atoms with Crippen molar-refractivity contribution in [3.8, 4) is 0 Å². The van der Waals surface area contributed by atoms with Gasteiger partial charge >= 0.3 is 0 Å². The number of hydrogen-bond acceptors (Lipinski definition) is 4. The first-order valence-electron chi connectivity index (χ1n) is 6.20. The fourth-order valence-electron chi connectivity index (χ4n) is 1.93. The van der Waals surface area contributed by atoms with Crippen LogP contribution in [-0.2, 0) is 6.54 Å². The minimum absolute atomic E-state index is 0.209. The molecule has 0 unspecified atom stereocenters. The van der Waals surface area contributed by atoms with Crippen molar-refractivity contribution in [2.24, 2.45) is 0 Å². The van der Waals surface area contributed by atoms with E-state index in [0.717, 1.165) is 5.52 Å². The Morgan fingerprint density at radius 1 is 1.20 bits per heavy atom. The number of hydrogen-bond donors (Lipinski definition) is 2. The Bertz CT molecular complexity index is 731. The zero-order valence-corrected chi connectivity index (χ0v) is 10.7. The van der Waals surface area contributed by atoms with Crippen LogP contribution in [-0.4, -0.2) is 10.9 Å². The summed E-state index contributed by atoms with van der Waals surface area (Å²) in [5.41, 5.74) is 8.20. The van der Waals surface area contributed by atoms with Crippen molar-refractivity contribution >= 4 is 22.7 Å². The van der Waals surface area contributed by atoms with Crippen molar-refractivity contribution in [3.05, 3.63) is 60.0 Å². The maximum Gasteiger partial charge on any atom is 0.251 e. The van der Waals surface area contributed by atoms with Gasteiger partial charge in [-0.25, -0.2) is 4.98 Å². The van der Waals surface area contributed by atoms with Crippen molar-refractivity contribution < 1.29 is 9.21 Å². The SMILES string of the molecule is Nc1cccc(C(=O)NCc2nc3ccccc3o2)c1. The van der Waals surface area contributed by atoms with Crippen LogP contribution in [0.5, 0.6) is 0 Å². The summed E-state index contributed by atoms with van der Waals surface area (Å²) in [6, 6.07) is 14.3. The van der Waals surface area contributed by atoms with Gasteiger partial charge in [-0.15, -0.1) is 0 Å². The molecule has 2 aromatic carbocycles. The van der Waals surface area contributed by atoms with Gasteiger partial charge < -0.3 is 15.5 Å². The summed E-state index contributed by atoms with van der Waals surface area (Å²) in [7, 11) is 0. The summed E-state index contributed by atoms with van der Waals surface area (Å²) in [5, 5.41) is 2.75. The van der Waals surface area contributed by atoms with Gasteiger partial charge in [0.25, 0.3) is 5.91 Å². The Balaban J connectivity index is 1.71. The van der Waals surface area contributed by atoms with Crippen LogP contribution in [0.15, 0.2) is 52.9 Å². The second kappa shape index (κ2) is 5.05. The van der Waals surface area contributed by atoms with Gasteiger partial charge in [-0.2, -0.15) is 0 Å². The van der Waals surface area contributed by atoms with Gasteiger partial charge in [0, 0.05) is 11.3 Å². The second-order valence-corrected chi connectivity index (χ2v) is 4.38. The predicted octanol–water partition coefficient (Wildman–Crippen LogP) is 2.34. The number of oxazole rings is 1. The smallest absolute Gasteiger partial charge is 0.251 e. The number of rotatable bonds is 3. The number of amides is 1. The van der Waals surface area contributed by atoms with Gasteiger partial charge in [0.1, 0.15) is 5.52 Å². The lowest BCUT2D eigenvalue weighted by atomic mass is 10.2. The molecular weight excluding hydrogens is 254 g/mol. The highest BCUT2D eigenvalue weighted by molar-refractivity contribution is 5.94. The molecule has 100 valence electrons. The van der Waals surface area contributed by atoms with E-state index in [4.69, 9.17) is 10.2 Å². The number of anilines is 1. The number of nitrogens with one attached hydrogen (secondary N) is 1. The Kier molecular flexibility index (Phi) is 3.09. The lowest BCUT2D eigenvalue weighted by Crippen LogP contribution is -2.22. The molecule has 3 rings (SSSR count). The number of nitrogens with two attached hydrogens (primary N) is 1. The van der Waals surface area contributed by atoms with Gasteiger partial charge in [0.15, 0.2) is 5.58 Å². The third-order valence-electron chi connectivity index (χ3n) is 2.89. The molecule has 0 spiro atoms. The van der Waals surface area contributed by atoms with Crippen molar-refractivity contribution in [1.82, 2.24) is 10.3 Å². The van der Waals surface area contributed by atoms with Crippen LogP contribution < -0.4 is 11.1 Å². The Morgan fingerprint density at radius 3 is 2.85 bits per heavy atom. The van der Waals surface area contributed by atoms with Crippen LogP contribution in [0.25, 0.3) is 11.1 Å². The van der Waals surface area contributed by atoms with E-state index in [1.165, 1.54) is 0 Å². The Morgan fingerprint density at radius 2 is 2.05 bits per heavy atom. The van der Waals surface area contributed by atoms with Gasteiger partial charge in [-0.05, 0) is 30.3 Å². The number of fused-ring (bicyclic) bond motifs is 1. The lowest BCUT2D eigenvalue weighted by Gasteiger charge is -2.03. The van der Waals surface area contributed by atoms with E-state index in [2.05, 4.69) is 10.3 Å². The van der Waals surface area contributed by atoms with E-state index in [9.17, 15) is 4.79 Å². The summed E-state index contributed by atoms with van der Waals surface area (Å²) < 4.78 is 5.53. The molecule has 20 heavy (non-hydrogen) atoms. The maximum atomic E-state index is 11.9. The van der Waals surface area contributed by atoms with Crippen LogP contribution >= 0.6 is 0 Å². The van der Waals surface area contributed by atoms with Crippen LogP contribution in [0.1, 0.15) is 16.2 Å². The monoisotopic (exact) mass is 267 g/mol. The number of benzene rings is 2. The largest absolute Gasteiger partial charge is 0.439 e. The molecule has 0 bridgehead atoms. The van der Waals surface area contributed by atoms with E-state index in [1.54, 1.807) is 24.3 Å². The zero-order chi connectivity index (χ0) is 13.9. The molecule has 0 fully saturated rings. The van der Waals surface area contributed by atoms with Crippen LogP contribution in [0.2, 0.25) is 0 Å². The van der Waals surface area contributed by atoms with Crippen molar-refractivity contribution in [1.29, 1.82) is 0 Å². The lowest BCUT2D eigenvalue weighted by molar-refractivity contribution is 0.0947. The number of nitrogens with zero attached hydrogens (tertiary/aromatic N) is 1. The van der Waals surface area contributed by atoms with Crippen molar-refractivity contribution in [3.63, 3.8) is 0 Å². The first kappa shape index (κ1) is 12.2. The molecule has 0 aliphatic rings. The molecular formula is C15H13N3O2. The van der Waals surface area contributed by atoms with Crippen molar-refractivity contribution in [2.75, 3.05) is 5.73 Å². The van der Waals surface area contributed by atoms with E-state index < -0.39 is 0 Å². The van der Waals surface area contributed by atoms with E-state index in [-0.39, 0.29) is 12.5 Å². The summed E-state index contributed by atoms with van der Waals surface area (Å²) in [4.78, 5) is 16.2. The Labute approximate surface area is 115 Å². The third-order valence-corrected chi connectivity index (χ3v) is 2.89. The highest BCUT2D eigenvalue weighted by Crippen LogP contribution is 2.14. The predicted molar refractivity (Wildman–Crippen MR) is 76.0 cm³/mol. The molecule has 0 saturated heterocycles. The molecule has 5 heteroatoms. The molecule has 1 amide bonds. The molecule has 1 aromatic heterocycles. The van der Waals surface area contributed by atoms with Crippen LogP contribution in [0, 0.1) is 0 Å². The first-order chi connectivity index (χ1) is 9.72. The summed E-state index contributed by atoms with van der Waals surface area (Å²) >= 11 is 0. The number of aromatic nitrogens is 1. The molecule has 0 aliphatic heterocycles. The van der Waals surface area contributed by atoms with E-state index in [1.807, 2.05) is 24.3 Å². The molecule has 3 N–H and O–H groups in total. The molecule has 0 aliphatic carbocycles. The minimum Gasteiger partial charge on any atom is -0.439 e.